The number of nitrogens with one attached hydrogen (secondary N) is 1. The van der Waals surface area contributed by atoms with Gasteiger partial charge in [-0.3, -0.25) is 4.79 Å². The van der Waals surface area contributed by atoms with E-state index in [2.05, 4.69) is 51.0 Å². The van der Waals surface area contributed by atoms with Crippen LogP contribution in [0.2, 0.25) is 0 Å². The molecule has 2 unspecified atom stereocenters. The van der Waals surface area contributed by atoms with Gasteiger partial charge < -0.3 is 20.4 Å². The Hall–Kier alpha value is -2.76. The third-order valence-electron chi connectivity index (χ3n) is 6.06. The highest BCUT2D eigenvalue weighted by Gasteiger charge is 2.21. The molecule has 1 aliphatic heterocycles. The van der Waals surface area contributed by atoms with Crippen LogP contribution in [0.5, 0.6) is 0 Å². The SMILES string of the molecule is C=CC(Nc1nc(C)nc2cc(=O)n(C3CCOCC3)cc12)c1cc(N)cc(C(C)(C)P)c1. The number of aromatic nitrogens is 3. The van der Waals surface area contributed by atoms with Crippen molar-refractivity contribution >= 4 is 31.6 Å². The highest BCUT2D eigenvalue weighted by Crippen LogP contribution is 2.35. The standard InChI is InChI=1S/C25H32N5O2P/c1-5-21(16-10-17(25(3,4)33)12-18(26)11-16)29-24-20-14-30(19-6-8-32-9-7-19)23(31)13-22(20)27-15(2)28-24/h5,10-14,19,21H,1,6-9,26,33H2,2-4H3,(H,27,28,29). The normalized spacial score (nSPS) is 16.0. The molecule has 0 radical (unpaired) electrons. The van der Waals surface area contributed by atoms with Gasteiger partial charge >= 0.3 is 0 Å². The number of nitrogens with two attached hydrogens (primary N) is 1. The van der Waals surface area contributed by atoms with Gasteiger partial charge in [0.2, 0.25) is 0 Å². The first kappa shape index (κ1) is 23.4. The molecule has 3 heterocycles. The second kappa shape index (κ2) is 9.24. The molecule has 174 valence electrons. The minimum absolute atomic E-state index is 0.0538. The zero-order chi connectivity index (χ0) is 23.8. The summed E-state index contributed by atoms with van der Waals surface area (Å²) in [5.41, 5.74) is 9.62. The summed E-state index contributed by atoms with van der Waals surface area (Å²) in [7, 11) is 2.86. The Morgan fingerprint density at radius 3 is 2.67 bits per heavy atom. The molecule has 1 aromatic carbocycles. The van der Waals surface area contributed by atoms with Crippen LogP contribution >= 0.6 is 9.24 Å². The van der Waals surface area contributed by atoms with E-state index in [1.165, 1.54) is 0 Å². The molecule has 2 aromatic heterocycles. The molecule has 0 spiro atoms. The van der Waals surface area contributed by atoms with Gasteiger partial charge in [-0.15, -0.1) is 15.8 Å². The van der Waals surface area contributed by atoms with E-state index < -0.39 is 0 Å². The van der Waals surface area contributed by atoms with E-state index in [0.29, 0.717) is 36.1 Å². The predicted octanol–water partition coefficient (Wildman–Crippen LogP) is 4.48. The van der Waals surface area contributed by atoms with Crippen LogP contribution in [0.3, 0.4) is 0 Å². The van der Waals surface area contributed by atoms with Crippen LogP contribution in [-0.4, -0.2) is 27.7 Å². The molecule has 1 saturated heterocycles. The molecular weight excluding hydrogens is 433 g/mol. The maximum absolute atomic E-state index is 12.8. The minimum atomic E-state index is -0.222. The monoisotopic (exact) mass is 465 g/mol. The van der Waals surface area contributed by atoms with Crippen molar-refractivity contribution in [2.45, 2.75) is 50.9 Å². The Bertz CT molecular complexity index is 1240. The largest absolute Gasteiger partial charge is 0.399 e. The molecule has 2 atom stereocenters. The van der Waals surface area contributed by atoms with Crippen molar-refractivity contribution in [2.75, 3.05) is 24.3 Å². The maximum Gasteiger partial charge on any atom is 0.252 e. The Balaban J connectivity index is 1.78. The number of hydrogen-bond acceptors (Lipinski definition) is 6. The molecule has 33 heavy (non-hydrogen) atoms. The summed E-state index contributed by atoms with van der Waals surface area (Å²) in [5, 5.41) is 4.20. The second-order valence-electron chi connectivity index (χ2n) is 9.25. The number of anilines is 2. The van der Waals surface area contributed by atoms with Crippen LogP contribution in [0.15, 0.2) is 47.9 Å². The molecule has 8 heteroatoms. The molecule has 7 nitrogen and oxygen atoms in total. The van der Waals surface area contributed by atoms with E-state index in [9.17, 15) is 4.79 Å². The zero-order valence-electron chi connectivity index (χ0n) is 19.5. The summed E-state index contributed by atoms with van der Waals surface area (Å²) in [6.45, 7) is 11.4. The Kier molecular flexibility index (Phi) is 6.55. The number of hydrogen-bond donors (Lipinski definition) is 2. The Morgan fingerprint density at radius 2 is 2.00 bits per heavy atom. The van der Waals surface area contributed by atoms with Gasteiger partial charge in [0.05, 0.1) is 16.9 Å². The van der Waals surface area contributed by atoms with Gasteiger partial charge in [-0.1, -0.05) is 26.0 Å². The smallest absolute Gasteiger partial charge is 0.252 e. The lowest BCUT2D eigenvalue weighted by Crippen LogP contribution is -2.28. The van der Waals surface area contributed by atoms with Gasteiger partial charge in [-0.2, -0.15) is 0 Å². The predicted molar refractivity (Wildman–Crippen MR) is 138 cm³/mol. The van der Waals surface area contributed by atoms with Crippen LogP contribution in [0, 0.1) is 6.92 Å². The fourth-order valence-corrected chi connectivity index (χ4v) is 4.41. The van der Waals surface area contributed by atoms with Crippen LogP contribution in [-0.2, 0) is 9.89 Å². The van der Waals surface area contributed by atoms with E-state index in [1.54, 1.807) is 10.6 Å². The summed E-state index contributed by atoms with van der Waals surface area (Å²) in [6, 6.07) is 7.57. The van der Waals surface area contributed by atoms with Gasteiger partial charge in [-0.05, 0) is 43.0 Å². The molecule has 0 amide bonds. The lowest BCUT2D eigenvalue weighted by atomic mass is 9.96. The van der Waals surface area contributed by atoms with Gasteiger partial charge in [0.25, 0.3) is 5.56 Å². The maximum atomic E-state index is 12.8. The summed E-state index contributed by atoms with van der Waals surface area (Å²) in [4.78, 5) is 22.0. The highest BCUT2D eigenvalue weighted by molar-refractivity contribution is 7.18. The Morgan fingerprint density at radius 1 is 1.27 bits per heavy atom. The van der Waals surface area contributed by atoms with E-state index >= 15 is 0 Å². The van der Waals surface area contributed by atoms with Crippen LogP contribution < -0.4 is 16.6 Å². The quantitative estimate of drug-likeness (QED) is 0.317. The zero-order valence-corrected chi connectivity index (χ0v) is 20.6. The first-order chi connectivity index (χ1) is 15.7. The first-order valence-corrected chi connectivity index (χ1v) is 11.8. The highest BCUT2D eigenvalue weighted by atomic mass is 31.0. The van der Waals surface area contributed by atoms with Crippen molar-refractivity contribution in [3.8, 4) is 0 Å². The second-order valence-corrected chi connectivity index (χ2v) is 10.7. The third-order valence-corrected chi connectivity index (χ3v) is 6.40. The van der Waals surface area contributed by atoms with Crippen LogP contribution in [0.25, 0.3) is 10.9 Å². The third kappa shape index (κ3) is 5.10. The van der Waals surface area contributed by atoms with E-state index in [4.69, 9.17) is 10.5 Å². The lowest BCUT2D eigenvalue weighted by molar-refractivity contribution is 0.0688. The first-order valence-electron chi connectivity index (χ1n) is 11.2. The molecule has 4 rings (SSSR count). The van der Waals surface area contributed by atoms with Crippen molar-refractivity contribution in [1.82, 2.24) is 14.5 Å². The number of ether oxygens (including phenoxy) is 1. The molecular formula is C25H32N5O2P. The summed E-state index contributed by atoms with van der Waals surface area (Å²) < 4.78 is 7.27. The molecule has 3 N–H and O–H groups in total. The van der Waals surface area contributed by atoms with Crippen molar-refractivity contribution in [3.63, 3.8) is 0 Å². The fourth-order valence-electron chi connectivity index (χ4n) is 4.25. The molecule has 0 aliphatic carbocycles. The van der Waals surface area contributed by atoms with Gasteiger partial charge in [0.15, 0.2) is 0 Å². The number of rotatable bonds is 6. The van der Waals surface area contributed by atoms with E-state index in [0.717, 1.165) is 29.4 Å². The summed E-state index contributed by atoms with van der Waals surface area (Å²) >= 11 is 0. The van der Waals surface area contributed by atoms with Crippen LogP contribution in [0.1, 0.15) is 55.7 Å². The Labute approximate surface area is 196 Å². The summed E-state index contributed by atoms with van der Waals surface area (Å²) in [5.74, 6) is 1.26. The topological polar surface area (TPSA) is 95.1 Å². The van der Waals surface area contributed by atoms with Crippen molar-refractivity contribution in [3.05, 3.63) is 70.4 Å². The number of nitrogen functional groups attached to an aromatic ring is 1. The lowest BCUT2D eigenvalue weighted by Gasteiger charge is -2.25. The fraction of sp³-hybridized carbons (Fsp3) is 0.400. The van der Waals surface area contributed by atoms with E-state index in [-0.39, 0.29) is 22.8 Å². The van der Waals surface area contributed by atoms with Crippen molar-refractivity contribution < 1.29 is 4.74 Å². The number of pyridine rings is 1. The average molecular weight is 466 g/mol. The van der Waals surface area contributed by atoms with Gasteiger partial charge in [0.1, 0.15) is 11.6 Å². The van der Waals surface area contributed by atoms with Gasteiger partial charge in [-0.25, -0.2) is 9.97 Å². The number of fused-ring (bicyclic) bond motifs is 1. The summed E-state index contributed by atoms with van der Waals surface area (Å²) in [6.07, 6.45) is 5.35. The van der Waals surface area contributed by atoms with Crippen LogP contribution in [0.4, 0.5) is 11.5 Å². The van der Waals surface area contributed by atoms with E-state index in [1.807, 2.05) is 31.3 Å². The number of aryl methyl sites for hydroxylation is 1. The number of nitrogens with zero attached hydrogens (tertiary/aromatic N) is 3. The molecule has 0 bridgehead atoms. The molecule has 3 aromatic rings. The van der Waals surface area contributed by atoms with Crippen molar-refractivity contribution in [2.24, 2.45) is 0 Å². The molecule has 1 aliphatic rings. The minimum Gasteiger partial charge on any atom is -0.399 e. The average Bonchev–Trinajstić information content (AvgIpc) is 2.76. The molecule has 1 fully saturated rings. The number of benzene rings is 1. The van der Waals surface area contributed by atoms with Crippen molar-refractivity contribution in [1.29, 1.82) is 0 Å². The molecule has 0 saturated carbocycles. The van der Waals surface area contributed by atoms with Gasteiger partial charge in [0, 0.05) is 42.4 Å².